The molecule has 2 nitrogen and oxygen atoms in total. The van der Waals surface area contributed by atoms with Crippen molar-refractivity contribution in [2.45, 2.75) is 71.6 Å². The zero-order valence-electron chi connectivity index (χ0n) is 14.2. The van der Waals surface area contributed by atoms with Gasteiger partial charge in [0.1, 0.15) is 11.3 Å². The number of aromatic nitrogens is 1. The van der Waals surface area contributed by atoms with Crippen molar-refractivity contribution in [2.75, 3.05) is 0 Å². The molecule has 2 aromatic rings. The second-order valence-electron chi connectivity index (χ2n) is 6.55. The van der Waals surface area contributed by atoms with Gasteiger partial charge in [0.15, 0.2) is 0 Å². The average molecular weight is 299 g/mol. The summed E-state index contributed by atoms with van der Waals surface area (Å²) in [7, 11) is 0. The highest BCUT2D eigenvalue weighted by Gasteiger charge is 2.11. The summed E-state index contributed by atoms with van der Waals surface area (Å²) in [6, 6.07) is 8.25. The number of unbranched alkanes of at least 4 members (excludes halogenated alkanes) is 5. The largest absolute Gasteiger partial charge is 0.505 e. The Bertz CT molecular complexity index is 604. The van der Waals surface area contributed by atoms with Crippen molar-refractivity contribution in [3.05, 3.63) is 35.5 Å². The number of aryl methyl sites for hydroxylation is 1. The predicted molar refractivity (Wildman–Crippen MR) is 94.6 cm³/mol. The van der Waals surface area contributed by atoms with E-state index in [-0.39, 0.29) is 0 Å². The van der Waals surface area contributed by atoms with Gasteiger partial charge in [-0.3, -0.25) is 0 Å². The first kappa shape index (κ1) is 16.8. The quantitative estimate of drug-likeness (QED) is 0.609. The monoisotopic (exact) mass is 299 g/mol. The lowest BCUT2D eigenvalue weighted by Crippen LogP contribution is -1.94. The van der Waals surface area contributed by atoms with Crippen LogP contribution in [0.2, 0.25) is 0 Å². The number of rotatable bonds is 8. The molecule has 0 amide bonds. The van der Waals surface area contributed by atoms with Gasteiger partial charge in [0.05, 0.1) is 0 Å². The van der Waals surface area contributed by atoms with Crippen LogP contribution < -0.4 is 0 Å². The Kier molecular flexibility index (Phi) is 6.23. The van der Waals surface area contributed by atoms with Crippen LogP contribution in [0.15, 0.2) is 24.3 Å². The van der Waals surface area contributed by atoms with Crippen molar-refractivity contribution in [2.24, 2.45) is 0 Å². The molecule has 0 saturated carbocycles. The Balaban J connectivity index is 2.04. The van der Waals surface area contributed by atoms with Crippen LogP contribution in [-0.2, 0) is 6.42 Å². The standard InChI is InChI=1S/C20H29NO/c1-4-5-6-7-8-9-10-17-13-11-16-12-14-18(15(2)3)20(22)19(16)21-17/h11-15,22H,4-10H2,1-3H3. The number of nitrogens with zero attached hydrogens (tertiary/aromatic N) is 1. The van der Waals surface area contributed by atoms with Crippen molar-refractivity contribution < 1.29 is 5.11 Å². The smallest absolute Gasteiger partial charge is 0.145 e. The molecule has 22 heavy (non-hydrogen) atoms. The van der Waals surface area contributed by atoms with E-state index >= 15 is 0 Å². The van der Waals surface area contributed by atoms with Crippen LogP contribution >= 0.6 is 0 Å². The maximum atomic E-state index is 10.5. The number of aromatic hydroxyl groups is 1. The Hall–Kier alpha value is -1.57. The second-order valence-corrected chi connectivity index (χ2v) is 6.55. The summed E-state index contributed by atoms with van der Waals surface area (Å²) in [4.78, 5) is 4.70. The van der Waals surface area contributed by atoms with Gasteiger partial charge < -0.3 is 5.11 Å². The molecule has 1 N–H and O–H groups in total. The number of pyridine rings is 1. The summed E-state index contributed by atoms with van der Waals surface area (Å²) in [6.07, 6.45) is 8.78. The topological polar surface area (TPSA) is 33.1 Å². The van der Waals surface area contributed by atoms with Crippen molar-refractivity contribution >= 4 is 10.9 Å². The minimum absolute atomic E-state index is 0.313. The third kappa shape index (κ3) is 4.22. The molecule has 0 aliphatic heterocycles. The van der Waals surface area contributed by atoms with Crippen molar-refractivity contribution in [1.82, 2.24) is 4.98 Å². The summed E-state index contributed by atoms with van der Waals surface area (Å²) in [5.74, 6) is 0.672. The van der Waals surface area contributed by atoms with Gasteiger partial charge >= 0.3 is 0 Å². The van der Waals surface area contributed by atoms with E-state index in [1.54, 1.807) is 0 Å². The highest BCUT2D eigenvalue weighted by atomic mass is 16.3. The molecular weight excluding hydrogens is 270 g/mol. The van der Waals surface area contributed by atoms with Gasteiger partial charge in [0, 0.05) is 11.1 Å². The summed E-state index contributed by atoms with van der Waals surface area (Å²) in [5, 5.41) is 11.5. The van der Waals surface area contributed by atoms with Crippen molar-refractivity contribution in [3.63, 3.8) is 0 Å². The van der Waals surface area contributed by atoms with Gasteiger partial charge in [0.2, 0.25) is 0 Å². The molecular formula is C20H29NO. The maximum absolute atomic E-state index is 10.5. The molecule has 2 rings (SSSR count). The third-order valence-corrected chi connectivity index (χ3v) is 4.33. The molecule has 0 atom stereocenters. The van der Waals surface area contributed by atoms with Gasteiger partial charge in [-0.2, -0.15) is 0 Å². The van der Waals surface area contributed by atoms with E-state index in [0.717, 1.165) is 28.6 Å². The normalized spacial score (nSPS) is 11.5. The van der Waals surface area contributed by atoms with E-state index in [1.807, 2.05) is 6.07 Å². The number of phenols is 1. The molecule has 0 aliphatic rings. The summed E-state index contributed by atoms with van der Waals surface area (Å²) < 4.78 is 0. The summed E-state index contributed by atoms with van der Waals surface area (Å²) >= 11 is 0. The first-order chi connectivity index (χ1) is 10.6. The summed E-state index contributed by atoms with van der Waals surface area (Å²) in [5.41, 5.74) is 2.84. The van der Waals surface area contributed by atoms with Gasteiger partial charge in [-0.15, -0.1) is 0 Å². The predicted octanol–water partition coefficient (Wildman–Crippen LogP) is 5.97. The Morgan fingerprint density at radius 2 is 1.64 bits per heavy atom. The lowest BCUT2D eigenvalue weighted by Gasteiger charge is -2.11. The fourth-order valence-corrected chi connectivity index (χ4v) is 2.92. The Labute approximate surface area is 134 Å². The molecule has 2 heteroatoms. The van der Waals surface area contributed by atoms with Gasteiger partial charge in [-0.05, 0) is 30.4 Å². The van der Waals surface area contributed by atoms with E-state index in [4.69, 9.17) is 4.98 Å². The molecule has 1 aromatic carbocycles. The first-order valence-electron chi connectivity index (χ1n) is 8.75. The molecule has 0 aliphatic carbocycles. The fraction of sp³-hybridized carbons (Fsp3) is 0.550. The van der Waals surface area contributed by atoms with Crippen molar-refractivity contribution in [1.29, 1.82) is 0 Å². The second kappa shape index (κ2) is 8.17. The van der Waals surface area contributed by atoms with Crippen LogP contribution in [0.3, 0.4) is 0 Å². The van der Waals surface area contributed by atoms with Gasteiger partial charge in [-0.25, -0.2) is 4.98 Å². The van der Waals surface area contributed by atoms with Crippen LogP contribution in [0.5, 0.6) is 5.75 Å². The Morgan fingerprint density at radius 3 is 2.36 bits per heavy atom. The van der Waals surface area contributed by atoms with Crippen LogP contribution in [0.4, 0.5) is 0 Å². The Morgan fingerprint density at radius 1 is 0.955 bits per heavy atom. The molecule has 1 heterocycles. The first-order valence-corrected chi connectivity index (χ1v) is 8.75. The zero-order valence-corrected chi connectivity index (χ0v) is 14.2. The molecule has 0 saturated heterocycles. The number of benzene rings is 1. The van der Waals surface area contributed by atoms with Crippen LogP contribution in [0, 0.1) is 0 Å². The maximum Gasteiger partial charge on any atom is 0.145 e. The van der Waals surface area contributed by atoms with E-state index in [1.165, 1.54) is 38.5 Å². The molecule has 120 valence electrons. The number of hydrogen-bond acceptors (Lipinski definition) is 2. The zero-order chi connectivity index (χ0) is 15.9. The molecule has 0 spiro atoms. The minimum Gasteiger partial charge on any atom is -0.505 e. The van der Waals surface area contributed by atoms with Crippen LogP contribution in [-0.4, -0.2) is 10.1 Å². The van der Waals surface area contributed by atoms with Crippen LogP contribution in [0.25, 0.3) is 10.9 Å². The minimum atomic E-state index is 0.313. The number of fused-ring (bicyclic) bond motifs is 1. The highest BCUT2D eigenvalue weighted by Crippen LogP contribution is 2.32. The molecule has 0 fully saturated rings. The molecule has 0 bridgehead atoms. The highest BCUT2D eigenvalue weighted by molar-refractivity contribution is 5.85. The van der Waals surface area contributed by atoms with Crippen molar-refractivity contribution in [3.8, 4) is 5.75 Å². The van der Waals surface area contributed by atoms with E-state index in [0.29, 0.717) is 11.7 Å². The average Bonchev–Trinajstić information content (AvgIpc) is 2.51. The SMILES string of the molecule is CCCCCCCCc1ccc2ccc(C(C)C)c(O)c2n1. The van der Waals surface area contributed by atoms with E-state index in [9.17, 15) is 5.11 Å². The third-order valence-electron chi connectivity index (χ3n) is 4.33. The summed E-state index contributed by atoms with van der Waals surface area (Å²) in [6.45, 7) is 6.44. The molecule has 0 unspecified atom stereocenters. The van der Waals surface area contributed by atoms with Crippen LogP contribution in [0.1, 0.15) is 76.5 Å². The number of hydrogen-bond donors (Lipinski definition) is 1. The van der Waals surface area contributed by atoms with E-state index in [2.05, 4.69) is 39.0 Å². The van der Waals surface area contributed by atoms with E-state index < -0.39 is 0 Å². The molecule has 1 aromatic heterocycles. The van der Waals surface area contributed by atoms with Gasteiger partial charge in [0.25, 0.3) is 0 Å². The fourth-order valence-electron chi connectivity index (χ4n) is 2.92. The molecule has 0 radical (unpaired) electrons. The number of phenolic OH excluding ortho intramolecular Hbond substituents is 1. The lowest BCUT2D eigenvalue weighted by atomic mass is 9.99. The lowest BCUT2D eigenvalue weighted by molar-refractivity contribution is 0.470. The van der Waals surface area contributed by atoms with Gasteiger partial charge in [-0.1, -0.05) is 71.1 Å².